The number of amides is 2. The third-order valence-electron chi connectivity index (χ3n) is 7.79. The summed E-state index contributed by atoms with van der Waals surface area (Å²) >= 11 is 0. The molecule has 1 aliphatic heterocycles. The Kier molecular flexibility index (Phi) is 7.05. The first-order valence-electron chi connectivity index (χ1n) is 13.5. The van der Waals surface area contributed by atoms with Crippen LogP contribution < -0.4 is 10.2 Å². The molecule has 8 heteroatoms. The molecule has 0 bridgehead atoms. The van der Waals surface area contributed by atoms with Gasteiger partial charge in [-0.15, -0.1) is 0 Å². The zero-order chi connectivity index (χ0) is 27.8. The molecule has 2 amide bonds. The molecule has 0 atom stereocenters. The Hall–Kier alpha value is -3.94. The Morgan fingerprint density at radius 1 is 1.10 bits per heavy atom. The van der Waals surface area contributed by atoms with Crippen LogP contribution in [0.5, 0.6) is 0 Å². The maximum atomic E-state index is 13.4. The van der Waals surface area contributed by atoms with Gasteiger partial charge in [0.2, 0.25) is 5.91 Å². The van der Waals surface area contributed by atoms with Crippen molar-refractivity contribution in [2.45, 2.75) is 57.5 Å². The van der Waals surface area contributed by atoms with Crippen LogP contribution in [0, 0.1) is 0 Å². The number of rotatable bonds is 6. The van der Waals surface area contributed by atoms with E-state index >= 15 is 0 Å². The molecule has 5 rings (SSSR count). The Morgan fingerprint density at radius 2 is 1.79 bits per heavy atom. The highest BCUT2D eigenvalue weighted by atomic mass is 19.1. The van der Waals surface area contributed by atoms with E-state index in [0.717, 1.165) is 47.2 Å². The van der Waals surface area contributed by atoms with E-state index < -0.39 is 23.8 Å². The predicted octanol–water partition coefficient (Wildman–Crippen LogP) is 6.69. The first-order chi connectivity index (χ1) is 18.7. The third kappa shape index (κ3) is 4.84. The van der Waals surface area contributed by atoms with E-state index in [1.54, 1.807) is 4.90 Å². The van der Waals surface area contributed by atoms with Crippen molar-refractivity contribution in [2.75, 3.05) is 30.0 Å². The molecule has 3 aromatic rings. The van der Waals surface area contributed by atoms with Gasteiger partial charge in [-0.2, -0.15) is 0 Å². The second kappa shape index (κ2) is 10.3. The van der Waals surface area contributed by atoms with E-state index in [1.165, 1.54) is 4.90 Å². The van der Waals surface area contributed by atoms with Crippen molar-refractivity contribution in [1.82, 2.24) is 9.88 Å². The standard InChI is InChI=1S/C31H35FN4O3/c1-30(2,3)36(29(38)39)31(15-7-16-31)23-12-10-22(11-13-23)27-24(21-8-5-4-6-9-21)20-25-28(34-27)33-18-14-26(37)35(25)19-17-32/h4-6,8-13,20H,7,14-19H2,1-3H3,(H,33,34)(H,38,39). The molecule has 204 valence electrons. The van der Waals surface area contributed by atoms with Gasteiger partial charge in [0.25, 0.3) is 0 Å². The summed E-state index contributed by atoms with van der Waals surface area (Å²) < 4.78 is 13.4. The molecule has 2 heterocycles. The topological polar surface area (TPSA) is 85.8 Å². The SMILES string of the molecule is CC(C)(C)N(C(=O)O)C1(c2ccc(-c3nc4c(cc3-c3ccccc3)N(CCF)C(=O)CCN4)cc2)CCC1. The number of carbonyl (C=O) groups excluding carboxylic acids is 1. The van der Waals surface area contributed by atoms with Crippen molar-refractivity contribution >= 4 is 23.5 Å². The van der Waals surface area contributed by atoms with Gasteiger partial charge in [0, 0.05) is 29.6 Å². The molecule has 0 unspecified atom stereocenters. The van der Waals surface area contributed by atoms with E-state index in [2.05, 4.69) is 5.32 Å². The molecule has 1 aromatic heterocycles. The Morgan fingerprint density at radius 3 is 2.36 bits per heavy atom. The lowest BCUT2D eigenvalue weighted by molar-refractivity contribution is -0.118. The van der Waals surface area contributed by atoms with Gasteiger partial charge in [-0.1, -0.05) is 54.6 Å². The molecule has 0 spiro atoms. The smallest absolute Gasteiger partial charge is 0.408 e. The second-order valence-electron chi connectivity index (χ2n) is 11.3. The number of pyridine rings is 1. The molecule has 7 nitrogen and oxygen atoms in total. The van der Waals surface area contributed by atoms with Gasteiger partial charge in [0.05, 0.1) is 23.5 Å². The number of halogens is 1. The molecule has 0 radical (unpaired) electrons. The van der Waals surface area contributed by atoms with Gasteiger partial charge in [-0.05, 0) is 57.2 Å². The molecule has 1 saturated carbocycles. The molecule has 39 heavy (non-hydrogen) atoms. The van der Waals surface area contributed by atoms with E-state index in [0.29, 0.717) is 18.1 Å². The number of fused-ring (bicyclic) bond motifs is 1. The highest BCUT2D eigenvalue weighted by Gasteiger charge is 2.50. The fourth-order valence-corrected chi connectivity index (χ4v) is 5.99. The van der Waals surface area contributed by atoms with Gasteiger partial charge in [-0.3, -0.25) is 9.69 Å². The average molecular weight is 531 g/mol. The summed E-state index contributed by atoms with van der Waals surface area (Å²) in [5, 5.41) is 13.4. The number of nitrogens with one attached hydrogen (secondary N) is 1. The van der Waals surface area contributed by atoms with Gasteiger partial charge in [-0.25, -0.2) is 14.2 Å². The largest absolute Gasteiger partial charge is 0.465 e. The summed E-state index contributed by atoms with van der Waals surface area (Å²) in [6.07, 6.45) is 1.89. The van der Waals surface area contributed by atoms with Crippen molar-refractivity contribution in [1.29, 1.82) is 0 Å². The summed E-state index contributed by atoms with van der Waals surface area (Å²) in [7, 11) is 0. The number of carbonyl (C=O) groups is 2. The average Bonchev–Trinajstić information content (AvgIpc) is 3.03. The number of nitrogens with zero attached hydrogens (tertiary/aromatic N) is 3. The van der Waals surface area contributed by atoms with Crippen LogP contribution in [0.25, 0.3) is 22.4 Å². The van der Waals surface area contributed by atoms with Crippen LogP contribution in [-0.4, -0.2) is 52.3 Å². The predicted molar refractivity (Wildman–Crippen MR) is 152 cm³/mol. The number of benzene rings is 2. The monoisotopic (exact) mass is 530 g/mol. The molecule has 2 N–H and O–H groups in total. The highest BCUT2D eigenvalue weighted by molar-refractivity contribution is 6.00. The van der Waals surface area contributed by atoms with Gasteiger partial charge >= 0.3 is 6.09 Å². The van der Waals surface area contributed by atoms with Crippen LogP contribution in [0.3, 0.4) is 0 Å². The van der Waals surface area contributed by atoms with Crippen molar-refractivity contribution in [3.05, 3.63) is 66.2 Å². The van der Waals surface area contributed by atoms with Gasteiger partial charge in [0.1, 0.15) is 6.67 Å². The molecule has 2 aromatic carbocycles. The zero-order valence-corrected chi connectivity index (χ0v) is 22.7. The minimum atomic E-state index is -0.913. The highest BCUT2D eigenvalue weighted by Crippen LogP contribution is 2.50. The van der Waals surface area contributed by atoms with Crippen molar-refractivity contribution in [3.63, 3.8) is 0 Å². The first-order valence-corrected chi connectivity index (χ1v) is 13.5. The quantitative estimate of drug-likeness (QED) is 0.371. The summed E-state index contributed by atoms with van der Waals surface area (Å²) in [5.41, 5.74) is 3.84. The normalized spacial score (nSPS) is 16.5. The molecule has 0 saturated heterocycles. The Balaban J connectivity index is 1.62. The van der Waals surface area contributed by atoms with Crippen LogP contribution in [0.4, 0.5) is 20.7 Å². The van der Waals surface area contributed by atoms with Crippen LogP contribution in [0.15, 0.2) is 60.7 Å². The van der Waals surface area contributed by atoms with E-state index in [-0.39, 0.29) is 18.9 Å². The van der Waals surface area contributed by atoms with Crippen LogP contribution >= 0.6 is 0 Å². The summed E-state index contributed by atoms with van der Waals surface area (Å²) in [4.78, 5) is 33.2. The van der Waals surface area contributed by atoms with Crippen molar-refractivity contribution in [3.8, 4) is 22.4 Å². The Labute approximate surface area is 228 Å². The van der Waals surface area contributed by atoms with Gasteiger partial charge in [0.15, 0.2) is 5.82 Å². The van der Waals surface area contributed by atoms with E-state index in [9.17, 15) is 19.1 Å². The fourth-order valence-electron chi connectivity index (χ4n) is 5.99. The van der Waals surface area contributed by atoms with Crippen molar-refractivity contribution < 1.29 is 19.1 Å². The lowest BCUT2D eigenvalue weighted by atomic mass is 9.69. The first kappa shape index (κ1) is 26.7. The van der Waals surface area contributed by atoms with Gasteiger partial charge < -0.3 is 15.3 Å². The van der Waals surface area contributed by atoms with Crippen LogP contribution in [0.1, 0.15) is 52.0 Å². The van der Waals surface area contributed by atoms with Crippen molar-refractivity contribution in [2.24, 2.45) is 0 Å². The summed E-state index contributed by atoms with van der Waals surface area (Å²) in [5.74, 6) is 0.415. The number of aromatic nitrogens is 1. The summed E-state index contributed by atoms with van der Waals surface area (Å²) in [6, 6.07) is 19.8. The van der Waals surface area contributed by atoms with Crippen LogP contribution in [-0.2, 0) is 10.3 Å². The number of carboxylic acid groups (broad SMARTS) is 1. The fraction of sp³-hybridized carbons (Fsp3) is 0.387. The molecular formula is C31H35FN4O3. The minimum Gasteiger partial charge on any atom is -0.465 e. The van der Waals surface area contributed by atoms with Crippen LogP contribution in [0.2, 0.25) is 0 Å². The maximum absolute atomic E-state index is 13.4. The Bertz CT molecular complexity index is 1370. The number of anilines is 2. The minimum absolute atomic E-state index is 0.0204. The number of alkyl halides is 1. The molecule has 2 aliphatic rings. The molecular weight excluding hydrogens is 495 g/mol. The number of hydrogen-bond acceptors (Lipinski definition) is 4. The number of hydrogen-bond donors (Lipinski definition) is 2. The molecule has 1 fully saturated rings. The lowest BCUT2D eigenvalue weighted by Gasteiger charge is -2.54. The zero-order valence-electron chi connectivity index (χ0n) is 22.7. The van der Waals surface area contributed by atoms with E-state index in [1.807, 2.05) is 81.4 Å². The van der Waals surface area contributed by atoms with E-state index in [4.69, 9.17) is 4.98 Å². The summed E-state index contributed by atoms with van der Waals surface area (Å²) in [6.45, 7) is 5.57. The second-order valence-corrected chi connectivity index (χ2v) is 11.3. The lowest BCUT2D eigenvalue weighted by Crippen LogP contribution is -2.60. The molecule has 1 aliphatic carbocycles. The maximum Gasteiger partial charge on any atom is 0.408 e. The third-order valence-corrected chi connectivity index (χ3v) is 7.79.